The van der Waals surface area contributed by atoms with Crippen LogP contribution in [0.4, 0.5) is 5.95 Å². The van der Waals surface area contributed by atoms with E-state index >= 15 is 0 Å². The summed E-state index contributed by atoms with van der Waals surface area (Å²) in [5.41, 5.74) is 5.12. The summed E-state index contributed by atoms with van der Waals surface area (Å²) in [7, 11) is 0. The number of nitrogen functional groups attached to an aromatic ring is 1. The van der Waals surface area contributed by atoms with Crippen molar-refractivity contribution in [2.75, 3.05) is 12.3 Å². The van der Waals surface area contributed by atoms with E-state index < -0.39 is 36.7 Å². The van der Waals surface area contributed by atoms with Gasteiger partial charge in [-0.3, -0.25) is 14.3 Å². The first-order chi connectivity index (χ1) is 9.52. The minimum atomic E-state index is -1.29. The lowest BCUT2D eigenvalue weighted by atomic mass is 10.1. The van der Waals surface area contributed by atoms with Gasteiger partial charge in [-0.2, -0.15) is 4.98 Å². The van der Waals surface area contributed by atoms with Gasteiger partial charge in [0.05, 0.1) is 12.9 Å². The quantitative estimate of drug-likeness (QED) is 0.398. The summed E-state index contributed by atoms with van der Waals surface area (Å²) in [6.07, 6.45) is -3.21. The van der Waals surface area contributed by atoms with Crippen molar-refractivity contribution in [3.63, 3.8) is 0 Å². The zero-order valence-corrected chi connectivity index (χ0v) is 10.2. The van der Waals surface area contributed by atoms with E-state index in [0.717, 1.165) is 0 Å². The van der Waals surface area contributed by atoms with Crippen molar-refractivity contribution in [1.82, 2.24) is 19.5 Å². The maximum absolute atomic E-state index is 11.7. The predicted molar refractivity (Wildman–Crippen MR) is 65.6 cm³/mol. The van der Waals surface area contributed by atoms with E-state index in [9.17, 15) is 15.0 Å². The first-order valence-electron chi connectivity index (χ1n) is 5.87. The van der Waals surface area contributed by atoms with E-state index in [2.05, 4.69) is 15.0 Å². The van der Waals surface area contributed by atoms with E-state index in [0.29, 0.717) is 0 Å². The van der Waals surface area contributed by atoms with Gasteiger partial charge < -0.3 is 25.8 Å². The third-order valence-electron chi connectivity index (χ3n) is 3.24. The minimum absolute atomic E-state index is 0.0388. The molecule has 0 aliphatic carbocycles. The second-order valence-corrected chi connectivity index (χ2v) is 4.50. The topological polar surface area (TPSA) is 160 Å². The summed E-state index contributed by atoms with van der Waals surface area (Å²) in [5, 5.41) is 28.7. The Bertz CT molecular complexity index is 697. The van der Waals surface area contributed by atoms with Gasteiger partial charge in [0.1, 0.15) is 18.3 Å². The van der Waals surface area contributed by atoms with Crippen LogP contribution in [0.2, 0.25) is 0 Å². The molecule has 10 heteroatoms. The molecular formula is C10H13N5O5. The van der Waals surface area contributed by atoms with Crippen LogP contribution < -0.4 is 11.3 Å². The van der Waals surface area contributed by atoms with Crippen LogP contribution in [0, 0.1) is 0 Å². The average Bonchev–Trinajstić information content (AvgIpc) is 2.93. The number of ether oxygens (including phenoxy) is 1. The molecule has 108 valence electrons. The molecule has 1 fully saturated rings. The Morgan fingerprint density at radius 2 is 2.20 bits per heavy atom. The molecule has 4 atom stereocenters. The molecule has 2 aromatic heterocycles. The van der Waals surface area contributed by atoms with Crippen molar-refractivity contribution in [1.29, 1.82) is 0 Å². The SMILES string of the molecule is Nc1nc2c(ncn2C2O[C@H](CO)[C@@H](O)[C@@H]2O)c(=O)[nH]1. The van der Waals surface area contributed by atoms with Crippen molar-refractivity contribution < 1.29 is 20.1 Å². The molecule has 1 aliphatic rings. The Morgan fingerprint density at radius 1 is 1.45 bits per heavy atom. The fourth-order valence-corrected chi connectivity index (χ4v) is 2.24. The maximum Gasteiger partial charge on any atom is 0.280 e. The molecule has 1 aliphatic heterocycles. The van der Waals surface area contributed by atoms with Crippen molar-refractivity contribution in [2.45, 2.75) is 24.5 Å². The number of nitrogens with two attached hydrogens (primary N) is 1. The highest BCUT2D eigenvalue weighted by Gasteiger charge is 2.44. The highest BCUT2D eigenvalue weighted by atomic mass is 16.6. The van der Waals surface area contributed by atoms with Crippen LogP contribution in [-0.4, -0.2) is 59.8 Å². The zero-order valence-electron chi connectivity index (χ0n) is 10.2. The molecule has 0 bridgehead atoms. The Kier molecular flexibility index (Phi) is 2.94. The number of fused-ring (bicyclic) bond motifs is 1. The number of rotatable bonds is 2. The van der Waals surface area contributed by atoms with Gasteiger partial charge in [0.25, 0.3) is 5.56 Å². The monoisotopic (exact) mass is 283 g/mol. The van der Waals surface area contributed by atoms with Crippen LogP contribution >= 0.6 is 0 Å². The molecule has 10 nitrogen and oxygen atoms in total. The summed E-state index contributed by atoms with van der Waals surface area (Å²) < 4.78 is 6.64. The van der Waals surface area contributed by atoms with Gasteiger partial charge in [-0.15, -0.1) is 0 Å². The number of H-pyrrole nitrogens is 1. The Hall–Kier alpha value is -2.01. The number of aliphatic hydroxyl groups excluding tert-OH is 3. The number of hydrogen-bond donors (Lipinski definition) is 5. The number of imidazole rings is 1. The van der Waals surface area contributed by atoms with Crippen molar-refractivity contribution in [3.8, 4) is 0 Å². The fourth-order valence-electron chi connectivity index (χ4n) is 2.24. The molecule has 6 N–H and O–H groups in total. The van der Waals surface area contributed by atoms with Gasteiger partial charge in [-0.05, 0) is 0 Å². The Balaban J connectivity index is 2.09. The van der Waals surface area contributed by atoms with Gasteiger partial charge in [0.2, 0.25) is 5.95 Å². The standard InChI is InChI=1S/C10H13N5O5/c11-10-13-7-4(8(19)14-10)12-2-15(7)9-6(18)5(17)3(1-16)20-9/h2-3,5-6,9,16-18H,1H2,(H3,11,13,14,19)/t3-,5-,6+,9?/m1/s1. The molecule has 3 heterocycles. The summed E-state index contributed by atoms with van der Waals surface area (Å²) >= 11 is 0. The highest BCUT2D eigenvalue weighted by Crippen LogP contribution is 2.30. The van der Waals surface area contributed by atoms with Crippen LogP contribution in [0.1, 0.15) is 6.23 Å². The third kappa shape index (κ3) is 1.78. The lowest BCUT2D eigenvalue weighted by Gasteiger charge is -2.16. The number of nitrogens with one attached hydrogen (secondary N) is 1. The second-order valence-electron chi connectivity index (χ2n) is 4.50. The largest absolute Gasteiger partial charge is 0.394 e. The Labute approximate surface area is 111 Å². The third-order valence-corrected chi connectivity index (χ3v) is 3.24. The smallest absolute Gasteiger partial charge is 0.280 e. The van der Waals surface area contributed by atoms with E-state index in [4.69, 9.17) is 15.6 Å². The molecule has 0 aromatic carbocycles. The number of nitrogens with zero attached hydrogens (tertiary/aromatic N) is 3. The van der Waals surface area contributed by atoms with Gasteiger partial charge in [-0.25, -0.2) is 4.98 Å². The molecule has 0 spiro atoms. The van der Waals surface area contributed by atoms with Crippen LogP contribution in [0.3, 0.4) is 0 Å². The lowest BCUT2D eigenvalue weighted by molar-refractivity contribution is -0.0511. The predicted octanol–water partition coefficient (Wildman–Crippen LogP) is -2.69. The summed E-state index contributed by atoms with van der Waals surface area (Å²) in [6, 6.07) is 0. The summed E-state index contributed by atoms with van der Waals surface area (Å²) in [4.78, 5) is 21.8. The first kappa shape index (κ1) is 13.0. The summed E-state index contributed by atoms with van der Waals surface area (Å²) in [6.45, 7) is -0.447. The van der Waals surface area contributed by atoms with E-state index in [1.54, 1.807) is 0 Å². The number of hydrogen-bond acceptors (Lipinski definition) is 8. The molecule has 1 saturated heterocycles. The van der Waals surface area contributed by atoms with E-state index in [1.165, 1.54) is 10.9 Å². The molecule has 0 radical (unpaired) electrons. The molecule has 2 aromatic rings. The van der Waals surface area contributed by atoms with Crippen LogP contribution in [-0.2, 0) is 4.74 Å². The highest BCUT2D eigenvalue weighted by molar-refractivity contribution is 5.70. The zero-order chi connectivity index (χ0) is 14.4. The van der Waals surface area contributed by atoms with Crippen molar-refractivity contribution in [2.24, 2.45) is 0 Å². The van der Waals surface area contributed by atoms with Crippen molar-refractivity contribution >= 4 is 17.1 Å². The molecule has 1 unspecified atom stereocenters. The second kappa shape index (κ2) is 4.52. The average molecular weight is 283 g/mol. The number of aromatic amines is 1. The molecule has 20 heavy (non-hydrogen) atoms. The van der Waals surface area contributed by atoms with Crippen molar-refractivity contribution in [3.05, 3.63) is 16.7 Å². The normalized spacial score (nSPS) is 30.1. The van der Waals surface area contributed by atoms with Gasteiger partial charge in [0, 0.05) is 0 Å². The Morgan fingerprint density at radius 3 is 2.85 bits per heavy atom. The molecule has 3 rings (SSSR count). The molecule has 0 amide bonds. The fraction of sp³-hybridized carbons (Fsp3) is 0.500. The van der Waals surface area contributed by atoms with Crippen LogP contribution in [0.15, 0.2) is 11.1 Å². The minimum Gasteiger partial charge on any atom is -0.394 e. The molecular weight excluding hydrogens is 270 g/mol. The lowest BCUT2D eigenvalue weighted by Crippen LogP contribution is -2.33. The molecule has 0 saturated carbocycles. The number of aromatic nitrogens is 4. The van der Waals surface area contributed by atoms with Crippen LogP contribution in [0.5, 0.6) is 0 Å². The van der Waals surface area contributed by atoms with E-state index in [1.807, 2.05) is 0 Å². The number of anilines is 1. The van der Waals surface area contributed by atoms with Gasteiger partial charge in [-0.1, -0.05) is 0 Å². The van der Waals surface area contributed by atoms with Gasteiger partial charge >= 0.3 is 0 Å². The van der Waals surface area contributed by atoms with E-state index in [-0.39, 0.29) is 17.1 Å². The first-order valence-corrected chi connectivity index (χ1v) is 5.87. The number of aliphatic hydroxyl groups is 3. The summed E-state index contributed by atoms with van der Waals surface area (Å²) in [5.74, 6) is -0.101. The maximum atomic E-state index is 11.7. The van der Waals surface area contributed by atoms with Gasteiger partial charge in [0.15, 0.2) is 17.4 Å². The van der Waals surface area contributed by atoms with Crippen LogP contribution in [0.25, 0.3) is 11.2 Å².